The normalized spacial score (nSPS) is 37.5. The molecule has 1 saturated heterocycles. The molecule has 1 spiro atoms. The van der Waals surface area contributed by atoms with Crippen LogP contribution in [0.1, 0.15) is 57.1 Å². The number of nitrogens with one attached hydrogen (secondary N) is 1. The third-order valence-electron chi connectivity index (χ3n) is 9.41. The Labute approximate surface area is 195 Å². The van der Waals surface area contributed by atoms with E-state index in [9.17, 15) is 15.0 Å². The van der Waals surface area contributed by atoms with Gasteiger partial charge < -0.3 is 19.7 Å². The Morgan fingerprint density at radius 1 is 1.30 bits per heavy atom. The number of aromatic hydroxyl groups is 1. The van der Waals surface area contributed by atoms with Gasteiger partial charge in [0.2, 0.25) is 0 Å². The fourth-order valence-electron chi connectivity index (χ4n) is 7.82. The van der Waals surface area contributed by atoms with Gasteiger partial charge in [-0.3, -0.25) is 15.0 Å². The lowest BCUT2D eigenvalue weighted by Crippen LogP contribution is -2.79. The molecule has 2 saturated carbocycles. The number of piperidine rings is 1. The average Bonchev–Trinajstić information content (AvgIpc) is 3.53. The molecule has 33 heavy (non-hydrogen) atoms. The smallest absolute Gasteiger partial charge is 0.320 e. The maximum absolute atomic E-state index is 12.0. The zero-order chi connectivity index (χ0) is 23.1. The highest BCUT2D eigenvalue weighted by atomic mass is 16.5. The highest BCUT2D eigenvalue weighted by molar-refractivity contribution is 5.74. The van der Waals surface area contributed by atoms with Gasteiger partial charge in [0.05, 0.1) is 11.0 Å². The Morgan fingerprint density at radius 2 is 2.09 bits per heavy atom. The molecule has 3 N–H and O–H groups in total. The molecular formula is C26H36N2O5. The first-order valence-corrected chi connectivity index (χ1v) is 12.6. The molecule has 6 rings (SSSR count). The van der Waals surface area contributed by atoms with Crippen molar-refractivity contribution in [2.24, 2.45) is 11.8 Å². The van der Waals surface area contributed by atoms with Crippen LogP contribution in [0.25, 0.3) is 0 Å². The van der Waals surface area contributed by atoms with Gasteiger partial charge in [0.1, 0.15) is 12.1 Å². The number of benzene rings is 1. The highest BCUT2D eigenvalue weighted by Gasteiger charge is 2.74. The summed E-state index contributed by atoms with van der Waals surface area (Å²) >= 11 is 0. The Hall–Kier alpha value is -1.83. The number of phenolic OH excluding ortho intramolecular Hbond substituents is 1. The van der Waals surface area contributed by atoms with E-state index >= 15 is 0 Å². The second-order valence-corrected chi connectivity index (χ2v) is 11.3. The molecular weight excluding hydrogens is 420 g/mol. The molecule has 7 heteroatoms. The van der Waals surface area contributed by atoms with Gasteiger partial charge >= 0.3 is 5.97 Å². The van der Waals surface area contributed by atoms with Gasteiger partial charge in [-0.2, -0.15) is 0 Å². The quantitative estimate of drug-likeness (QED) is 0.581. The van der Waals surface area contributed by atoms with Crippen LogP contribution in [0.4, 0.5) is 0 Å². The predicted octanol–water partition coefficient (Wildman–Crippen LogP) is 2.68. The van der Waals surface area contributed by atoms with Crippen molar-refractivity contribution in [2.45, 2.75) is 87.6 Å². The van der Waals surface area contributed by atoms with E-state index < -0.39 is 17.6 Å². The first kappa shape index (κ1) is 21.7. The maximum atomic E-state index is 12.0. The van der Waals surface area contributed by atoms with Crippen molar-refractivity contribution in [1.29, 1.82) is 0 Å². The molecule has 1 aromatic rings. The van der Waals surface area contributed by atoms with Gasteiger partial charge in [0.25, 0.3) is 0 Å². The molecule has 2 aliphatic heterocycles. The molecule has 180 valence electrons. The fraction of sp³-hybridized carbons (Fsp3) is 0.731. The van der Waals surface area contributed by atoms with E-state index in [4.69, 9.17) is 9.47 Å². The molecule has 2 heterocycles. The van der Waals surface area contributed by atoms with E-state index in [0.29, 0.717) is 5.75 Å². The highest BCUT2D eigenvalue weighted by Crippen LogP contribution is 2.66. The van der Waals surface area contributed by atoms with Gasteiger partial charge in [-0.25, -0.2) is 0 Å². The third kappa shape index (κ3) is 2.82. The molecule has 0 aromatic heterocycles. The zero-order valence-electron chi connectivity index (χ0n) is 19.8. The van der Waals surface area contributed by atoms with E-state index in [-0.39, 0.29) is 35.3 Å². The topological polar surface area (TPSA) is 91.3 Å². The number of carbonyl (C=O) groups is 1. The summed E-state index contributed by atoms with van der Waals surface area (Å²) in [5.41, 5.74) is 1.60. The van der Waals surface area contributed by atoms with E-state index in [2.05, 4.69) is 16.3 Å². The van der Waals surface area contributed by atoms with Crippen molar-refractivity contribution in [3.05, 3.63) is 23.3 Å². The van der Waals surface area contributed by atoms with Gasteiger partial charge in [-0.15, -0.1) is 0 Å². The lowest BCUT2D eigenvalue weighted by atomic mass is 9.48. The average molecular weight is 457 g/mol. The zero-order valence-corrected chi connectivity index (χ0v) is 19.8. The van der Waals surface area contributed by atoms with Crippen molar-refractivity contribution >= 4 is 5.97 Å². The van der Waals surface area contributed by atoms with Crippen molar-refractivity contribution in [3.63, 3.8) is 0 Å². The van der Waals surface area contributed by atoms with Crippen LogP contribution in [0, 0.1) is 11.8 Å². The van der Waals surface area contributed by atoms with E-state index in [0.717, 1.165) is 50.3 Å². The standard InChI is InChI=1S/C26H36N2O5/c1-14(2)21(24(30)31)27-17-8-9-26(32-3)19-12-16-6-7-18(29)22-20(16)25(26,23(17)33-22)10-11-28(19)13-15-4-5-15/h6-7,14-15,17,19,21,23,27,29H,4-5,8-13H2,1-3H3,(H,30,31)/t17?,19-,21+,23?,25+,26-/m1/s1. The van der Waals surface area contributed by atoms with Crippen LogP contribution in [-0.2, 0) is 21.4 Å². The Kier molecular flexibility index (Phi) is 4.82. The summed E-state index contributed by atoms with van der Waals surface area (Å²) in [6.07, 6.45) is 5.83. The molecule has 7 nitrogen and oxygen atoms in total. The predicted molar refractivity (Wildman–Crippen MR) is 123 cm³/mol. The summed E-state index contributed by atoms with van der Waals surface area (Å²) in [7, 11) is 1.85. The summed E-state index contributed by atoms with van der Waals surface area (Å²) in [4.78, 5) is 14.7. The minimum Gasteiger partial charge on any atom is -0.504 e. The molecule has 0 amide bonds. The van der Waals surface area contributed by atoms with Gasteiger partial charge in [0, 0.05) is 31.3 Å². The number of aliphatic carboxylic acids is 1. The van der Waals surface area contributed by atoms with E-state index in [1.165, 1.54) is 18.4 Å². The Balaban J connectivity index is 1.47. The second kappa shape index (κ2) is 7.33. The molecule has 3 aliphatic carbocycles. The molecule has 2 unspecified atom stereocenters. The number of likely N-dealkylation sites (tertiary alicyclic amines) is 1. The van der Waals surface area contributed by atoms with E-state index in [1.807, 2.05) is 21.0 Å². The molecule has 5 aliphatic rings. The Bertz CT molecular complexity index is 978. The number of rotatable bonds is 7. The number of carboxylic acid groups (broad SMARTS) is 1. The number of carboxylic acids is 1. The van der Waals surface area contributed by atoms with Crippen LogP contribution in [0.5, 0.6) is 11.5 Å². The third-order valence-corrected chi connectivity index (χ3v) is 9.41. The summed E-state index contributed by atoms with van der Waals surface area (Å²) in [5, 5.41) is 24.1. The van der Waals surface area contributed by atoms with E-state index in [1.54, 1.807) is 6.07 Å². The summed E-state index contributed by atoms with van der Waals surface area (Å²) in [6, 6.07) is 3.34. The van der Waals surface area contributed by atoms with Gasteiger partial charge in [0.15, 0.2) is 11.5 Å². The number of hydrogen-bond acceptors (Lipinski definition) is 6. The van der Waals surface area contributed by atoms with Crippen molar-refractivity contribution < 1.29 is 24.5 Å². The number of hydrogen-bond donors (Lipinski definition) is 3. The van der Waals surface area contributed by atoms with Crippen LogP contribution in [0.2, 0.25) is 0 Å². The maximum Gasteiger partial charge on any atom is 0.320 e. The SMILES string of the molecule is CO[C@@]12CCC(N[C@H](C(=O)O)C(C)C)C3Oc4c(O)ccc5c4[C@@]31CCN(CC1CC1)[C@@H]2C5. The number of ether oxygens (including phenoxy) is 2. The Morgan fingerprint density at radius 3 is 2.76 bits per heavy atom. The van der Waals surface area contributed by atoms with Crippen molar-refractivity contribution in [2.75, 3.05) is 20.2 Å². The first-order chi connectivity index (χ1) is 15.8. The van der Waals surface area contributed by atoms with Crippen molar-refractivity contribution in [3.8, 4) is 11.5 Å². The van der Waals surface area contributed by atoms with Crippen LogP contribution in [-0.4, -0.2) is 71.1 Å². The second-order valence-electron chi connectivity index (χ2n) is 11.3. The summed E-state index contributed by atoms with van der Waals surface area (Å²) in [6.45, 7) is 5.99. The molecule has 0 radical (unpaired) electrons. The number of nitrogens with zero attached hydrogens (tertiary/aromatic N) is 1. The first-order valence-electron chi connectivity index (χ1n) is 12.6. The number of phenols is 1. The van der Waals surface area contributed by atoms with Crippen LogP contribution in [0.15, 0.2) is 12.1 Å². The van der Waals surface area contributed by atoms with Gasteiger partial charge in [-0.05, 0) is 68.5 Å². The van der Waals surface area contributed by atoms with Crippen molar-refractivity contribution in [1.82, 2.24) is 10.2 Å². The summed E-state index contributed by atoms with van der Waals surface area (Å²) in [5.74, 6) is 0.713. The largest absolute Gasteiger partial charge is 0.504 e. The van der Waals surface area contributed by atoms with Gasteiger partial charge in [-0.1, -0.05) is 19.9 Å². The lowest BCUT2D eigenvalue weighted by Gasteiger charge is -2.66. The van der Waals surface area contributed by atoms with Crippen LogP contribution < -0.4 is 10.1 Å². The molecule has 2 bridgehead atoms. The van der Waals surface area contributed by atoms with Crippen LogP contribution in [0.3, 0.4) is 0 Å². The summed E-state index contributed by atoms with van der Waals surface area (Å²) < 4.78 is 13.2. The monoisotopic (exact) mass is 456 g/mol. The minimum atomic E-state index is -0.828. The molecule has 6 atom stereocenters. The minimum absolute atomic E-state index is 0.0404. The molecule has 3 fully saturated rings. The number of methoxy groups -OCH3 is 1. The fourth-order valence-corrected chi connectivity index (χ4v) is 7.82. The van der Waals surface area contributed by atoms with Crippen LogP contribution >= 0.6 is 0 Å². The molecule has 1 aromatic carbocycles. The lowest BCUT2D eigenvalue weighted by molar-refractivity contribution is -0.208.